The third kappa shape index (κ3) is 3.57. The number of hydrogen-bond donors (Lipinski definition) is 0. The van der Waals surface area contributed by atoms with Crippen LogP contribution in [0.25, 0.3) is 0 Å². The topological polar surface area (TPSA) is 83.0 Å². The predicted molar refractivity (Wildman–Crippen MR) is 88.9 cm³/mol. The largest absolute Gasteiger partial charge is 0.472 e. The molecule has 8 nitrogen and oxygen atoms in total. The minimum Gasteiger partial charge on any atom is -0.472 e. The zero-order valence-corrected chi connectivity index (χ0v) is 14.5. The van der Waals surface area contributed by atoms with Crippen LogP contribution in [-0.4, -0.2) is 76.4 Å². The molecule has 0 aliphatic carbocycles. The van der Waals surface area contributed by atoms with Gasteiger partial charge in [0.15, 0.2) is 0 Å². The highest BCUT2D eigenvalue weighted by atomic mass is 16.5. The van der Waals surface area contributed by atoms with E-state index in [0.717, 1.165) is 10.5 Å². The molecule has 4 amide bonds. The van der Waals surface area contributed by atoms with Gasteiger partial charge in [0, 0.05) is 44.9 Å². The number of piperazine rings is 1. The zero-order chi connectivity index (χ0) is 18.0. The molecule has 134 valence electrons. The maximum Gasteiger partial charge on any atom is 0.327 e. The highest BCUT2D eigenvalue weighted by Crippen LogP contribution is 2.19. The number of likely N-dealkylation sites (N-methyl/N-ethyl adjacent to an activating group) is 1. The number of nitrogens with zero attached hydrogens (tertiary/aromatic N) is 4. The van der Waals surface area contributed by atoms with E-state index >= 15 is 0 Å². The number of aryl methyl sites for hydroxylation is 1. The number of aromatic nitrogens is 1. The van der Waals surface area contributed by atoms with E-state index in [-0.39, 0.29) is 12.6 Å². The van der Waals surface area contributed by atoms with Gasteiger partial charge in [0.05, 0.1) is 6.54 Å². The summed E-state index contributed by atoms with van der Waals surface area (Å²) in [6, 6.07) is 3.29. The Morgan fingerprint density at radius 3 is 2.72 bits per heavy atom. The molecule has 1 aromatic heterocycles. The van der Waals surface area contributed by atoms with Crippen molar-refractivity contribution in [2.75, 3.05) is 32.7 Å². The first-order valence-electron chi connectivity index (χ1n) is 8.48. The number of carbonyl (C=O) groups excluding carboxylic acids is 3. The van der Waals surface area contributed by atoms with Crippen molar-refractivity contribution in [1.29, 1.82) is 0 Å². The van der Waals surface area contributed by atoms with Gasteiger partial charge in [0.1, 0.15) is 6.10 Å². The van der Waals surface area contributed by atoms with Gasteiger partial charge >= 0.3 is 17.8 Å². The lowest BCUT2D eigenvalue weighted by molar-refractivity contribution is -0.153. The van der Waals surface area contributed by atoms with E-state index in [1.165, 1.54) is 4.90 Å². The van der Waals surface area contributed by atoms with E-state index in [1.54, 1.807) is 17.2 Å². The average Bonchev–Trinajstić information content (AvgIpc) is 3.07. The Balaban J connectivity index is 1.58. The number of ether oxygens (including phenoxy) is 1. The molecular weight excluding hydrogens is 324 g/mol. The third-order valence-electron chi connectivity index (χ3n) is 4.51. The third-order valence-corrected chi connectivity index (χ3v) is 4.51. The van der Waals surface area contributed by atoms with Crippen LogP contribution in [0.15, 0.2) is 18.3 Å². The first kappa shape index (κ1) is 17.2. The van der Waals surface area contributed by atoms with Gasteiger partial charge < -0.3 is 14.5 Å². The summed E-state index contributed by atoms with van der Waals surface area (Å²) in [7, 11) is 0. The number of urea groups is 1. The summed E-state index contributed by atoms with van der Waals surface area (Å²) in [6.45, 7) is 5.71. The van der Waals surface area contributed by atoms with Gasteiger partial charge in [-0.05, 0) is 19.4 Å². The summed E-state index contributed by atoms with van der Waals surface area (Å²) in [5.74, 6) is -0.840. The van der Waals surface area contributed by atoms with E-state index in [9.17, 15) is 14.4 Å². The molecule has 8 heteroatoms. The van der Waals surface area contributed by atoms with Gasteiger partial charge in [-0.15, -0.1) is 0 Å². The number of amides is 4. The van der Waals surface area contributed by atoms with Crippen LogP contribution >= 0.6 is 0 Å². The molecule has 0 aromatic carbocycles. The summed E-state index contributed by atoms with van der Waals surface area (Å²) in [5, 5.41) is 0. The fraction of sp³-hybridized carbons (Fsp3) is 0.529. The highest BCUT2D eigenvalue weighted by molar-refractivity contribution is 6.38. The molecular formula is C17H22N4O4. The maximum atomic E-state index is 12.6. The number of pyridine rings is 1. The van der Waals surface area contributed by atoms with Gasteiger partial charge in [-0.2, -0.15) is 0 Å². The minimum absolute atomic E-state index is 0.165. The van der Waals surface area contributed by atoms with E-state index < -0.39 is 17.8 Å². The molecule has 0 bridgehead atoms. The first-order chi connectivity index (χ1) is 12.0. The molecule has 25 heavy (non-hydrogen) atoms. The van der Waals surface area contributed by atoms with Crippen molar-refractivity contribution < 1.29 is 19.1 Å². The smallest absolute Gasteiger partial charge is 0.327 e. The van der Waals surface area contributed by atoms with Gasteiger partial charge in [0.25, 0.3) is 0 Å². The maximum absolute atomic E-state index is 12.6. The molecule has 2 aliphatic rings. The van der Waals surface area contributed by atoms with Crippen molar-refractivity contribution in [2.45, 2.75) is 26.4 Å². The van der Waals surface area contributed by atoms with Crippen molar-refractivity contribution in [2.24, 2.45) is 0 Å². The van der Waals surface area contributed by atoms with Crippen LogP contribution in [0.1, 0.15) is 18.9 Å². The Hall–Kier alpha value is -2.64. The number of likely N-dealkylation sites (tertiary alicyclic amines) is 1. The predicted octanol–water partition coefficient (Wildman–Crippen LogP) is 0.654. The summed E-state index contributed by atoms with van der Waals surface area (Å²) < 4.78 is 5.80. The zero-order valence-electron chi connectivity index (χ0n) is 14.5. The molecule has 0 spiro atoms. The Morgan fingerprint density at radius 1 is 1.24 bits per heavy atom. The molecule has 0 unspecified atom stereocenters. The molecule has 0 saturated carbocycles. The van der Waals surface area contributed by atoms with Crippen molar-refractivity contribution >= 4 is 17.8 Å². The quantitative estimate of drug-likeness (QED) is 0.751. The van der Waals surface area contributed by atoms with E-state index in [1.807, 2.05) is 19.9 Å². The van der Waals surface area contributed by atoms with Crippen molar-refractivity contribution in [3.05, 3.63) is 23.9 Å². The monoisotopic (exact) mass is 346 g/mol. The van der Waals surface area contributed by atoms with Crippen LogP contribution in [-0.2, 0) is 9.59 Å². The fourth-order valence-corrected chi connectivity index (χ4v) is 3.02. The van der Waals surface area contributed by atoms with E-state index in [2.05, 4.69) is 4.98 Å². The molecule has 0 radical (unpaired) electrons. The molecule has 2 aliphatic heterocycles. The van der Waals surface area contributed by atoms with Crippen molar-refractivity contribution in [1.82, 2.24) is 19.7 Å². The van der Waals surface area contributed by atoms with Gasteiger partial charge in [-0.25, -0.2) is 9.78 Å². The van der Waals surface area contributed by atoms with E-state index in [4.69, 9.17) is 4.74 Å². The van der Waals surface area contributed by atoms with Crippen LogP contribution in [0.5, 0.6) is 5.88 Å². The minimum atomic E-state index is -0.748. The molecule has 1 aromatic rings. The van der Waals surface area contributed by atoms with E-state index in [0.29, 0.717) is 38.5 Å². The lowest BCUT2D eigenvalue weighted by atomic mass is 10.3. The Morgan fingerprint density at radius 2 is 2.04 bits per heavy atom. The van der Waals surface area contributed by atoms with Crippen LogP contribution in [0.2, 0.25) is 0 Å². The van der Waals surface area contributed by atoms with Gasteiger partial charge in [-0.3, -0.25) is 14.5 Å². The number of rotatable bonds is 3. The van der Waals surface area contributed by atoms with Crippen molar-refractivity contribution in [3.8, 4) is 5.88 Å². The molecule has 3 heterocycles. The summed E-state index contributed by atoms with van der Waals surface area (Å²) in [5.41, 5.74) is 1.05. The standard InChI is InChI=1S/C17H22N4O4/c1-3-19-8-9-21(16(23)15(19)22)17(24)20-7-6-13(11-20)25-14-5-4-12(2)10-18-14/h4-5,10,13H,3,6-9,11H2,1-2H3/t13-/m0/s1. The van der Waals surface area contributed by atoms with Gasteiger partial charge in [-0.1, -0.05) is 6.07 Å². The molecule has 3 rings (SSSR count). The second-order valence-corrected chi connectivity index (χ2v) is 6.27. The Bertz CT molecular complexity index is 676. The number of carbonyl (C=O) groups is 3. The molecule has 2 saturated heterocycles. The molecule has 2 fully saturated rings. The second kappa shape index (κ2) is 7.08. The summed E-state index contributed by atoms with van der Waals surface area (Å²) >= 11 is 0. The molecule has 1 atom stereocenters. The lowest BCUT2D eigenvalue weighted by Crippen LogP contribution is -2.58. The van der Waals surface area contributed by atoms with Crippen LogP contribution in [0.4, 0.5) is 4.79 Å². The van der Waals surface area contributed by atoms with Crippen LogP contribution in [0.3, 0.4) is 0 Å². The first-order valence-corrected chi connectivity index (χ1v) is 8.48. The van der Waals surface area contributed by atoms with Crippen LogP contribution < -0.4 is 4.74 Å². The number of hydrogen-bond acceptors (Lipinski definition) is 5. The van der Waals surface area contributed by atoms with Crippen LogP contribution in [0, 0.1) is 6.92 Å². The van der Waals surface area contributed by atoms with Gasteiger partial charge in [0.2, 0.25) is 5.88 Å². The Kier molecular flexibility index (Phi) is 4.87. The molecule has 0 N–H and O–H groups in total. The fourth-order valence-electron chi connectivity index (χ4n) is 3.02. The second-order valence-electron chi connectivity index (χ2n) is 6.27. The number of imide groups is 1. The van der Waals surface area contributed by atoms with Crippen molar-refractivity contribution in [3.63, 3.8) is 0 Å². The lowest BCUT2D eigenvalue weighted by Gasteiger charge is -2.33. The highest BCUT2D eigenvalue weighted by Gasteiger charge is 2.39. The summed E-state index contributed by atoms with van der Waals surface area (Å²) in [4.78, 5) is 44.9. The Labute approximate surface area is 146 Å². The SMILES string of the molecule is CCN1CCN(C(=O)N2CC[C@H](Oc3ccc(C)cn3)C2)C(=O)C1=O. The average molecular weight is 346 g/mol. The normalized spacial score (nSPS) is 21.0. The summed E-state index contributed by atoms with van der Waals surface area (Å²) in [6.07, 6.45) is 2.23.